The van der Waals surface area contributed by atoms with Gasteiger partial charge in [-0.3, -0.25) is 4.79 Å². The zero-order chi connectivity index (χ0) is 15.4. The van der Waals surface area contributed by atoms with Crippen molar-refractivity contribution in [2.75, 3.05) is 0 Å². The highest BCUT2D eigenvalue weighted by atomic mass is 79.9. The van der Waals surface area contributed by atoms with Crippen molar-refractivity contribution in [2.45, 2.75) is 19.9 Å². The Kier molecular flexibility index (Phi) is 5.12. The van der Waals surface area contributed by atoms with E-state index >= 15 is 0 Å². The van der Waals surface area contributed by atoms with E-state index < -0.39 is 0 Å². The topological polar surface area (TPSA) is 29.1 Å². The Bertz CT molecular complexity index is 628. The van der Waals surface area contributed by atoms with Crippen LogP contribution < -0.4 is 5.32 Å². The molecule has 1 unspecified atom stereocenters. The van der Waals surface area contributed by atoms with E-state index in [1.54, 1.807) is 0 Å². The lowest BCUT2D eigenvalue weighted by atomic mass is 9.95. The summed E-state index contributed by atoms with van der Waals surface area (Å²) in [5.74, 6) is -0.339. The number of rotatable bonds is 4. The van der Waals surface area contributed by atoms with Crippen LogP contribution in [0.15, 0.2) is 53.0 Å². The van der Waals surface area contributed by atoms with Crippen molar-refractivity contribution in [1.29, 1.82) is 0 Å². The van der Waals surface area contributed by atoms with Gasteiger partial charge < -0.3 is 5.32 Å². The van der Waals surface area contributed by atoms with E-state index in [-0.39, 0.29) is 28.2 Å². The minimum atomic E-state index is -0.380. The third-order valence-electron chi connectivity index (χ3n) is 3.29. The lowest BCUT2D eigenvalue weighted by molar-refractivity contribution is 0.0925. The van der Waals surface area contributed by atoms with Gasteiger partial charge in [0.05, 0.1) is 10.5 Å². The largest absolute Gasteiger partial charge is 0.345 e. The maximum absolute atomic E-state index is 13.2. The second kappa shape index (κ2) is 6.85. The van der Waals surface area contributed by atoms with Crippen molar-refractivity contribution in [2.24, 2.45) is 5.92 Å². The fourth-order valence-corrected chi connectivity index (χ4v) is 2.54. The maximum Gasteiger partial charge on any atom is 0.251 e. The normalized spacial score (nSPS) is 12.2. The molecule has 21 heavy (non-hydrogen) atoms. The van der Waals surface area contributed by atoms with Gasteiger partial charge in [-0.15, -0.1) is 0 Å². The zero-order valence-electron chi connectivity index (χ0n) is 11.9. The second-order valence-electron chi connectivity index (χ2n) is 5.23. The van der Waals surface area contributed by atoms with Gasteiger partial charge in [-0.1, -0.05) is 44.2 Å². The van der Waals surface area contributed by atoms with Gasteiger partial charge in [-0.05, 0) is 45.6 Å². The fraction of sp³-hybridized carbons (Fsp3) is 0.235. The molecule has 2 nitrogen and oxygen atoms in total. The molecular weight excluding hydrogens is 333 g/mol. The number of hydrogen-bond donors (Lipinski definition) is 1. The molecule has 0 saturated heterocycles. The molecular formula is C17H17BrFNO. The van der Waals surface area contributed by atoms with Gasteiger partial charge in [-0.25, -0.2) is 4.39 Å². The molecule has 0 saturated carbocycles. The van der Waals surface area contributed by atoms with Crippen LogP contribution in [0.4, 0.5) is 4.39 Å². The molecule has 0 bridgehead atoms. The van der Waals surface area contributed by atoms with Crippen molar-refractivity contribution in [3.05, 3.63) is 69.9 Å². The third kappa shape index (κ3) is 3.91. The highest BCUT2D eigenvalue weighted by molar-refractivity contribution is 9.10. The highest BCUT2D eigenvalue weighted by Gasteiger charge is 2.19. The molecule has 0 heterocycles. The maximum atomic E-state index is 13.2. The molecule has 1 atom stereocenters. The molecule has 0 spiro atoms. The monoisotopic (exact) mass is 349 g/mol. The van der Waals surface area contributed by atoms with Crippen LogP contribution in [0.5, 0.6) is 0 Å². The summed E-state index contributed by atoms with van der Waals surface area (Å²) >= 11 is 3.10. The molecule has 2 aromatic rings. The summed E-state index contributed by atoms with van der Waals surface area (Å²) in [7, 11) is 0. The van der Waals surface area contributed by atoms with E-state index in [2.05, 4.69) is 35.1 Å². The lowest BCUT2D eigenvalue weighted by Gasteiger charge is -2.23. The van der Waals surface area contributed by atoms with Crippen LogP contribution in [0.25, 0.3) is 0 Å². The number of benzene rings is 2. The SMILES string of the molecule is CC(C)C(NC(=O)c1ccc(F)c(Br)c1)c1ccccc1. The molecule has 0 aliphatic rings. The first kappa shape index (κ1) is 15.7. The summed E-state index contributed by atoms with van der Waals surface area (Å²) in [6.45, 7) is 4.11. The molecule has 2 rings (SSSR count). The number of carbonyl (C=O) groups is 1. The predicted octanol–water partition coefficient (Wildman–Crippen LogP) is 4.72. The minimum Gasteiger partial charge on any atom is -0.345 e. The van der Waals surface area contributed by atoms with Crippen LogP contribution in [0, 0.1) is 11.7 Å². The smallest absolute Gasteiger partial charge is 0.251 e. The molecule has 1 N–H and O–H groups in total. The average Bonchev–Trinajstić information content (AvgIpc) is 2.48. The molecule has 110 valence electrons. The van der Waals surface area contributed by atoms with Crippen molar-refractivity contribution in [3.8, 4) is 0 Å². The Hall–Kier alpha value is -1.68. The van der Waals surface area contributed by atoms with Gasteiger partial charge in [0, 0.05) is 5.56 Å². The van der Waals surface area contributed by atoms with Gasteiger partial charge >= 0.3 is 0 Å². The first-order valence-corrected chi connectivity index (χ1v) is 7.59. The van der Waals surface area contributed by atoms with E-state index in [9.17, 15) is 9.18 Å². The van der Waals surface area contributed by atoms with E-state index in [0.29, 0.717) is 5.56 Å². The van der Waals surface area contributed by atoms with Crippen molar-refractivity contribution < 1.29 is 9.18 Å². The van der Waals surface area contributed by atoms with Crippen LogP contribution in [-0.4, -0.2) is 5.91 Å². The van der Waals surface area contributed by atoms with Crippen molar-refractivity contribution >= 4 is 21.8 Å². The predicted molar refractivity (Wildman–Crippen MR) is 85.6 cm³/mol. The molecule has 0 aliphatic heterocycles. The Morgan fingerprint density at radius 2 is 1.81 bits per heavy atom. The summed E-state index contributed by atoms with van der Waals surface area (Å²) in [6, 6.07) is 14.0. The van der Waals surface area contributed by atoms with Crippen LogP contribution in [0.2, 0.25) is 0 Å². The molecule has 2 aromatic carbocycles. The zero-order valence-corrected chi connectivity index (χ0v) is 13.5. The first-order valence-electron chi connectivity index (χ1n) is 6.80. The Balaban J connectivity index is 2.21. The van der Waals surface area contributed by atoms with E-state index in [4.69, 9.17) is 0 Å². The number of hydrogen-bond acceptors (Lipinski definition) is 1. The van der Waals surface area contributed by atoms with E-state index in [0.717, 1.165) is 5.56 Å². The number of halogens is 2. The molecule has 0 fully saturated rings. The van der Waals surface area contributed by atoms with Crippen molar-refractivity contribution in [1.82, 2.24) is 5.32 Å². The molecule has 4 heteroatoms. The average molecular weight is 350 g/mol. The van der Waals surface area contributed by atoms with Gasteiger partial charge in [0.2, 0.25) is 0 Å². The van der Waals surface area contributed by atoms with Gasteiger partial charge in [-0.2, -0.15) is 0 Å². The third-order valence-corrected chi connectivity index (χ3v) is 3.90. The fourth-order valence-electron chi connectivity index (χ4n) is 2.16. The quantitative estimate of drug-likeness (QED) is 0.850. The van der Waals surface area contributed by atoms with Crippen LogP contribution in [0.1, 0.15) is 35.8 Å². The van der Waals surface area contributed by atoms with Gasteiger partial charge in [0.15, 0.2) is 0 Å². The minimum absolute atomic E-state index is 0.0810. The summed E-state index contributed by atoms with van der Waals surface area (Å²) in [5.41, 5.74) is 1.49. The Morgan fingerprint density at radius 1 is 1.14 bits per heavy atom. The molecule has 0 aromatic heterocycles. The summed E-state index contributed by atoms with van der Waals surface area (Å²) < 4.78 is 13.5. The second-order valence-corrected chi connectivity index (χ2v) is 6.09. The molecule has 0 radical (unpaired) electrons. The lowest BCUT2D eigenvalue weighted by Crippen LogP contribution is -2.31. The molecule has 1 amide bonds. The Morgan fingerprint density at radius 3 is 2.38 bits per heavy atom. The van der Waals surface area contributed by atoms with Gasteiger partial charge in [0.1, 0.15) is 5.82 Å². The van der Waals surface area contributed by atoms with E-state index in [1.165, 1.54) is 18.2 Å². The number of nitrogens with one attached hydrogen (secondary N) is 1. The summed E-state index contributed by atoms with van der Waals surface area (Å²) in [6.07, 6.45) is 0. The number of carbonyl (C=O) groups excluding carboxylic acids is 1. The standard InChI is InChI=1S/C17H17BrFNO/c1-11(2)16(12-6-4-3-5-7-12)20-17(21)13-8-9-15(19)14(18)10-13/h3-11,16H,1-2H3,(H,20,21). The summed E-state index contributed by atoms with van der Waals surface area (Å²) in [4.78, 5) is 12.3. The van der Waals surface area contributed by atoms with E-state index in [1.807, 2.05) is 30.3 Å². The van der Waals surface area contributed by atoms with Crippen molar-refractivity contribution in [3.63, 3.8) is 0 Å². The van der Waals surface area contributed by atoms with Crippen LogP contribution >= 0.6 is 15.9 Å². The van der Waals surface area contributed by atoms with Crippen LogP contribution in [0.3, 0.4) is 0 Å². The number of amides is 1. The van der Waals surface area contributed by atoms with Gasteiger partial charge in [0.25, 0.3) is 5.91 Å². The Labute approximate surface area is 132 Å². The molecule has 0 aliphatic carbocycles. The summed E-state index contributed by atoms with van der Waals surface area (Å²) in [5, 5.41) is 3.01. The first-order chi connectivity index (χ1) is 9.99. The highest BCUT2D eigenvalue weighted by Crippen LogP contribution is 2.23. The van der Waals surface area contributed by atoms with Crippen LogP contribution in [-0.2, 0) is 0 Å².